The second kappa shape index (κ2) is 5.90. The Morgan fingerprint density at radius 3 is 2.54 bits per heavy atom. The number of nitrogen functional groups attached to an aromatic ring is 1. The maximum absolute atomic E-state index is 5.97. The van der Waals surface area contributed by atoms with Gasteiger partial charge in [-0.1, -0.05) is 54.1 Å². The number of aromatic amines is 1. The predicted octanol–water partition coefficient (Wildman–Crippen LogP) is 5.60. The topological polar surface area (TPSA) is 79.4 Å². The van der Waals surface area contributed by atoms with Crippen LogP contribution in [0, 0.1) is 6.92 Å². The molecule has 0 aliphatic heterocycles. The standard InChI is InChI=1S/C18H15N5S/c1-11-6-8-12(9-7-11)15-10-24-18(20-15)23-22-17-14-5-3-2-4-13(14)16(19)21-17/h2-10,21H,19H2,1H3. The summed E-state index contributed by atoms with van der Waals surface area (Å²) in [5.74, 6) is 1.24. The fourth-order valence-electron chi connectivity index (χ4n) is 2.53. The van der Waals surface area contributed by atoms with E-state index in [4.69, 9.17) is 5.73 Å². The molecule has 24 heavy (non-hydrogen) atoms. The zero-order chi connectivity index (χ0) is 16.5. The number of hydrogen-bond acceptors (Lipinski definition) is 5. The second-order valence-electron chi connectivity index (χ2n) is 5.51. The van der Waals surface area contributed by atoms with Crippen LogP contribution in [0.1, 0.15) is 5.56 Å². The van der Waals surface area contributed by atoms with Crippen molar-refractivity contribution in [2.75, 3.05) is 5.73 Å². The van der Waals surface area contributed by atoms with Gasteiger partial charge in [0.15, 0.2) is 5.82 Å². The van der Waals surface area contributed by atoms with Crippen LogP contribution in [0.4, 0.5) is 16.8 Å². The van der Waals surface area contributed by atoms with E-state index in [2.05, 4.69) is 51.4 Å². The molecule has 118 valence electrons. The lowest BCUT2D eigenvalue weighted by molar-refractivity contribution is 1.17. The molecule has 0 spiro atoms. The quantitative estimate of drug-likeness (QED) is 0.479. The van der Waals surface area contributed by atoms with Crippen molar-refractivity contribution in [2.24, 2.45) is 10.2 Å². The number of nitrogens with zero attached hydrogens (tertiary/aromatic N) is 3. The highest BCUT2D eigenvalue weighted by molar-refractivity contribution is 7.13. The molecule has 0 atom stereocenters. The predicted molar refractivity (Wildman–Crippen MR) is 99.2 cm³/mol. The summed E-state index contributed by atoms with van der Waals surface area (Å²) in [6.07, 6.45) is 0. The van der Waals surface area contributed by atoms with Crippen molar-refractivity contribution in [3.63, 3.8) is 0 Å². The van der Waals surface area contributed by atoms with Gasteiger partial charge in [-0.05, 0) is 6.92 Å². The molecule has 0 radical (unpaired) electrons. The average Bonchev–Trinajstić information content (AvgIpc) is 3.19. The lowest BCUT2D eigenvalue weighted by atomic mass is 10.1. The summed E-state index contributed by atoms with van der Waals surface area (Å²) in [5.41, 5.74) is 9.18. The third-order valence-electron chi connectivity index (χ3n) is 3.80. The third kappa shape index (κ3) is 2.68. The number of hydrogen-bond donors (Lipinski definition) is 2. The Morgan fingerprint density at radius 2 is 1.75 bits per heavy atom. The van der Waals surface area contributed by atoms with Crippen molar-refractivity contribution in [3.05, 3.63) is 59.5 Å². The normalized spacial score (nSPS) is 11.5. The molecule has 0 amide bonds. The maximum atomic E-state index is 5.97. The van der Waals surface area contributed by atoms with Crippen molar-refractivity contribution < 1.29 is 0 Å². The highest BCUT2D eigenvalue weighted by atomic mass is 32.1. The molecule has 5 nitrogen and oxygen atoms in total. The number of nitrogens with one attached hydrogen (secondary N) is 1. The summed E-state index contributed by atoms with van der Waals surface area (Å²) in [7, 11) is 0. The largest absolute Gasteiger partial charge is 0.385 e. The molecule has 4 rings (SSSR count). The van der Waals surface area contributed by atoms with Gasteiger partial charge in [-0.3, -0.25) is 0 Å². The lowest BCUT2D eigenvalue weighted by Crippen LogP contribution is -1.82. The van der Waals surface area contributed by atoms with E-state index in [0.717, 1.165) is 22.0 Å². The number of nitrogens with two attached hydrogens (primary N) is 1. The van der Waals surface area contributed by atoms with E-state index in [1.54, 1.807) is 0 Å². The minimum atomic E-state index is 0.596. The number of thiazole rings is 1. The summed E-state index contributed by atoms with van der Waals surface area (Å²) >= 11 is 1.46. The lowest BCUT2D eigenvalue weighted by Gasteiger charge is -1.96. The van der Waals surface area contributed by atoms with Crippen LogP contribution < -0.4 is 5.73 Å². The van der Waals surface area contributed by atoms with E-state index < -0.39 is 0 Å². The zero-order valence-corrected chi connectivity index (χ0v) is 13.8. The molecule has 4 aromatic rings. The van der Waals surface area contributed by atoms with Crippen molar-refractivity contribution >= 4 is 38.9 Å². The molecule has 2 heterocycles. The van der Waals surface area contributed by atoms with E-state index in [9.17, 15) is 0 Å². The van der Waals surface area contributed by atoms with E-state index in [1.807, 2.05) is 29.6 Å². The van der Waals surface area contributed by atoms with Crippen LogP contribution in [0.2, 0.25) is 0 Å². The van der Waals surface area contributed by atoms with Crippen LogP contribution in [-0.4, -0.2) is 9.97 Å². The minimum Gasteiger partial charge on any atom is -0.385 e. The highest BCUT2D eigenvalue weighted by Gasteiger charge is 2.07. The number of H-pyrrole nitrogens is 1. The fourth-order valence-corrected chi connectivity index (χ4v) is 3.17. The molecule has 2 aromatic carbocycles. The monoisotopic (exact) mass is 333 g/mol. The van der Waals surface area contributed by atoms with Crippen molar-refractivity contribution in [1.29, 1.82) is 0 Å². The number of anilines is 1. The molecule has 0 fully saturated rings. The number of aryl methyl sites for hydroxylation is 1. The SMILES string of the molecule is Cc1ccc(-c2csc(N=Nc3[nH]c(N)c4ccccc34)n2)cc1. The Bertz CT molecular complexity index is 1030. The van der Waals surface area contributed by atoms with Crippen LogP contribution in [0.3, 0.4) is 0 Å². The smallest absolute Gasteiger partial charge is 0.230 e. The molecule has 6 heteroatoms. The molecular formula is C18H15N5S. The van der Waals surface area contributed by atoms with Crippen molar-refractivity contribution in [3.8, 4) is 11.3 Å². The Hall–Kier alpha value is -2.99. The van der Waals surface area contributed by atoms with E-state index in [0.29, 0.717) is 16.8 Å². The number of azo groups is 1. The van der Waals surface area contributed by atoms with Crippen molar-refractivity contribution in [1.82, 2.24) is 9.97 Å². The Labute approximate surface area is 142 Å². The van der Waals surface area contributed by atoms with Crippen LogP contribution in [0.25, 0.3) is 22.0 Å². The molecule has 0 unspecified atom stereocenters. The molecule has 0 aliphatic rings. The van der Waals surface area contributed by atoms with Gasteiger partial charge in [0.2, 0.25) is 5.13 Å². The zero-order valence-electron chi connectivity index (χ0n) is 13.0. The van der Waals surface area contributed by atoms with E-state index in [1.165, 1.54) is 16.9 Å². The first-order valence-electron chi connectivity index (χ1n) is 7.51. The summed E-state index contributed by atoms with van der Waals surface area (Å²) in [5, 5.41) is 13.0. The van der Waals surface area contributed by atoms with Gasteiger partial charge in [-0.2, -0.15) is 0 Å². The van der Waals surface area contributed by atoms with Gasteiger partial charge < -0.3 is 10.7 Å². The molecule has 0 saturated carbocycles. The number of benzene rings is 2. The molecule has 0 aliphatic carbocycles. The van der Waals surface area contributed by atoms with Gasteiger partial charge in [0.05, 0.1) is 5.69 Å². The Balaban J connectivity index is 1.63. The summed E-state index contributed by atoms with van der Waals surface area (Å²) < 4.78 is 0. The maximum Gasteiger partial charge on any atom is 0.230 e. The second-order valence-corrected chi connectivity index (χ2v) is 6.35. The highest BCUT2D eigenvalue weighted by Crippen LogP contribution is 2.32. The first-order chi connectivity index (χ1) is 11.7. The molecule has 0 saturated heterocycles. The summed E-state index contributed by atoms with van der Waals surface area (Å²) in [6.45, 7) is 2.07. The van der Waals surface area contributed by atoms with Gasteiger partial charge in [-0.15, -0.1) is 21.6 Å². The van der Waals surface area contributed by atoms with Crippen LogP contribution in [0.15, 0.2) is 64.1 Å². The average molecular weight is 333 g/mol. The Kier molecular flexibility index (Phi) is 3.59. The number of rotatable bonds is 3. The summed E-state index contributed by atoms with van der Waals surface area (Å²) in [6, 6.07) is 16.1. The van der Waals surface area contributed by atoms with Gasteiger partial charge in [0.1, 0.15) is 5.82 Å². The first kappa shape index (κ1) is 14.6. The Morgan fingerprint density at radius 1 is 1.00 bits per heavy atom. The molecule has 0 bridgehead atoms. The molecule has 2 aromatic heterocycles. The fraction of sp³-hybridized carbons (Fsp3) is 0.0556. The van der Waals surface area contributed by atoms with Crippen LogP contribution >= 0.6 is 11.3 Å². The minimum absolute atomic E-state index is 0.596. The molecular weight excluding hydrogens is 318 g/mol. The van der Waals surface area contributed by atoms with E-state index >= 15 is 0 Å². The van der Waals surface area contributed by atoms with Crippen molar-refractivity contribution in [2.45, 2.75) is 6.92 Å². The van der Waals surface area contributed by atoms with Gasteiger partial charge in [0, 0.05) is 21.7 Å². The van der Waals surface area contributed by atoms with Crippen LogP contribution in [0.5, 0.6) is 0 Å². The third-order valence-corrected chi connectivity index (χ3v) is 4.53. The van der Waals surface area contributed by atoms with E-state index in [-0.39, 0.29) is 0 Å². The number of fused-ring (bicyclic) bond motifs is 1. The van der Waals surface area contributed by atoms with Crippen LogP contribution in [-0.2, 0) is 0 Å². The van der Waals surface area contributed by atoms with Gasteiger partial charge in [0.25, 0.3) is 0 Å². The molecule has 3 N–H and O–H groups in total. The summed E-state index contributed by atoms with van der Waals surface area (Å²) in [4.78, 5) is 7.59. The van der Waals surface area contributed by atoms with Gasteiger partial charge in [-0.25, -0.2) is 4.98 Å². The van der Waals surface area contributed by atoms with Gasteiger partial charge >= 0.3 is 0 Å². The number of aromatic nitrogens is 2. The first-order valence-corrected chi connectivity index (χ1v) is 8.39.